The maximum Gasteiger partial charge on any atom is 0.283 e. The molecular weight excluding hydrogens is 392 g/mol. The van der Waals surface area contributed by atoms with Crippen molar-refractivity contribution in [1.82, 2.24) is 5.32 Å². The second kappa shape index (κ2) is 9.09. The number of hydrogen-bond donors (Lipinski definition) is 1. The van der Waals surface area contributed by atoms with E-state index in [4.69, 9.17) is 0 Å². The number of fused-ring (bicyclic) bond motifs is 1. The number of hydrogen-bond acceptors (Lipinski definition) is 3. The molecule has 0 bridgehead atoms. The van der Waals surface area contributed by atoms with Crippen molar-refractivity contribution in [2.45, 2.75) is 18.6 Å². The van der Waals surface area contributed by atoms with Gasteiger partial charge in [-0.2, -0.15) is 0 Å². The van der Waals surface area contributed by atoms with Crippen molar-refractivity contribution < 1.29 is 9.59 Å². The molecule has 0 radical (unpaired) electrons. The van der Waals surface area contributed by atoms with Crippen molar-refractivity contribution >= 4 is 35.4 Å². The highest BCUT2D eigenvalue weighted by Crippen LogP contribution is 2.32. The highest BCUT2D eigenvalue weighted by molar-refractivity contribution is 8.05. The molecule has 1 aliphatic heterocycles. The van der Waals surface area contributed by atoms with Gasteiger partial charge in [0.05, 0.1) is 15.9 Å². The maximum atomic E-state index is 12.4. The third kappa shape index (κ3) is 4.86. The van der Waals surface area contributed by atoms with E-state index >= 15 is 0 Å². The molecule has 1 aliphatic carbocycles. The molecule has 4 nitrogen and oxygen atoms in total. The number of nitrogens with one attached hydrogen (secondary N) is 1. The van der Waals surface area contributed by atoms with Gasteiger partial charge in [0.1, 0.15) is 0 Å². The van der Waals surface area contributed by atoms with Crippen LogP contribution in [0.5, 0.6) is 0 Å². The summed E-state index contributed by atoms with van der Waals surface area (Å²) in [6, 6.07) is 15.6. The normalized spacial score (nSPS) is 18.8. The van der Waals surface area contributed by atoms with Gasteiger partial charge in [-0.1, -0.05) is 60.2 Å². The Morgan fingerprint density at radius 1 is 1.10 bits per heavy atom. The summed E-state index contributed by atoms with van der Waals surface area (Å²) in [7, 11) is 0. The molecule has 150 valence electrons. The summed E-state index contributed by atoms with van der Waals surface area (Å²) in [5, 5.41) is 3.04. The Morgan fingerprint density at radius 3 is 2.63 bits per heavy atom. The Balaban J connectivity index is 1.36. The molecule has 0 saturated carbocycles. The molecule has 1 heterocycles. The number of carbonyl (C=O) groups is 2. The number of carbonyl (C=O) groups excluding carboxylic acids is 2. The van der Waals surface area contributed by atoms with Gasteiger partial charge in [-0.3, -0.25) is 9.59 Å². The molecule has 4 rings (SSSR count). The van der Waals surface area contributed by atoms with Gasteiger partial charge in [-0.15, -0.1) is 11.8 Å². The van der Waals surface area contributed by atoms with Crippen LogP contribution in [0, 0.1) is 6.92 Å². The van der Waals surface area contributed by atoms with Gasteiger partial charge in [0.25, 0.3) is 11.8 Å². The second-order valence-electron chi connectivity index (χ2n) is 7.25. The van der Waals surface area contributed by atoms with Crippen LogP contribution >= 0.6 is 11.8 Å². The predicted octanol–water partition coefficient (Wildman–Crippen LogP) is 4.52. The van der Waals surface area contributed by atoms with E-state index in [2.05, 4.69) is 41.5 Å². The van der Waals surface area contributed by atoms with E-state index in [0.29, 0.717) is 17.0 Å². The number of aryl methyl sites for hydroxylation is 1. The second-order valence-corrected chi connectivity index (χ2v) is 8.43. The Bertz CT molecular complexity index is 1080. The first-order valence-corrected chi connectivity index (χ1v) is 10.8. The average Bonchev–Trinajstić information content (AvgIpc) is 2.76. The minimum Gasteiger partial charge on any atom is -0.352 e. The lowest BCUT2D eigenvalue weighted by Crippen LogP contribution is -2.25. The van der Waals surface area contributed by atoms with E-state index < -0.39 is 0 Å². The zero-order chi connectivity index (χ0) is 20.9. The van der Waals surface area contributed by atoms with E-state index in [1.54, 1.807) is 12.1 Å². The summed E-state index contributed by atoms with van der Waals surface area (Å²) in [6.07, 6.45) is 10.4. The molecule has 2 aliphatic rings. The van der Waals surface area contributed by atoms with Gasteiger partial charge >= 0.3 is 0 Å². The summed E-state index contributed by atoms with van der Waals surface area (Å²) in [6.45, 7) is 2.64. The standard InChI is InChI=1S/C25H22N2O2S/c1-17-6-8-18(9-7-17)14-15-26-24(28)20-12-10-19(11-13-20)16-23-25(29)27-21-4-2-3-5-22(21)30-23/h2-13,16,22H,14-15H2,1H3,(H,26,28)/b23-16+. The number of allylic oxidation sites excluding steroid dienone is 3. The Hall–Kier alpha value is -3.18. The first-order chi connectivity index (χ1) is 14.6. The molecule has 2 aromatic carbocycles. The van der Waals surface area contributed by atoms with Gasteiger partial charge in [-0.25, -0.2) is 4.99 Å². The predicted molar refractivity (Wildman–Crippen MR) is 124 cm³/mol. The van der Waals surface area contributed by atoms with Crippen LogP contribution in [-0.2, 0) is 11.2 Å². The Morgan fingerprint density at radius 2 is 1.87 bits per heavy atom. The fourth-order valence-electron chi connectivity index (χ4n) is 3.23. The van der Waals surface area contributed by atoms with E-state index in [1.807, 2.05) is 42.5 Å². The van der Waals surface area contributed by atoms with Crippen LogP contribution in [0.25, 0.3) is 6.08 Å². The van der Waals surface area contributed by atoms with Crippen LogP contribution in [0.15, 0.2) is 82.7 Å². The van der Waals surface area contributed by atoms with E-state index in [-0.39, 0.29) is 17.1 Å². The number of rotatable bonds is 5. The zero-order valence-corrected chi connectivity index (χ0v) is 17.5. The van der Waals surface area contributed by atoms with Crippen LogP contribution in [0.2, 0.25) is 0 Å². The first-order valence-electron chi connectivity index (χ1n) is 9.88. The molecule has 2 aromatic rings. The first kappa shape index (κ1) is 20.1. The molecule has 0 aromatic heterocycles. The van der Waals surface area contributed by atoms with Gasteiger partial charge in [0.15, 0.2) is 0 Å². The van der Waals surface area contributed by atoms with E-state index in [1.165, 1.54) is 22.9 Å². The van der Waals surface area contributed by atoms with Crippen molar-refractivity contribution in [2.75, 3.05) is 6.54 Å². The molecule has 1 atom stereocenters. The fraction of sp³-hybridized carbons (Fsp3) is 0.160. The van der Waals surface area contributed by atoms with E-state index in [0.717, 1.165) is 17.7 Å². The van der Waals surface area contributed by atoms with Crippen molar-refractivity contribution in [3.05, 3.63) is 100.0 Å². The number of nitrogens with zero attached hydrogens (tertiary/aromatic N) is 1. The number of benzene rings is 2. The van der Waals surface area contributed by atoms with Gasteiger partial charge in [0, 0.05) is 12.1 Å². The third-order valence-corrected chi connectivity index (χ3v) is 6.14. The molecule has 1 unspecified atom stereocenters. The molecule has 1 N–H and O–H groups in total. The molecule has 0 spiro atoms. The molecule has 0 fully saturated rings. The summed E-state index contributed by atoms with van der Waals surface area (Å²) in [4.78, 5) is 29.5. The Kier molecular flexibility index (Phi) is 6.10. The zero-order valence-electron chi connectivity index (χ0n) is 16.7. The van der Waals surface area contributed by atoms with Gasteiger partial charge < -0.3 is 5.32 Å². The molecule has 0 saturated heterocycles. The van der Waals surface area contributed by atoms with E-state index in [9.17, 15) is 9.59 Å². The largest absolute Gasteiger partial charge is 0.352 e. The quantitative estimate of drug-likeness (QED) is 0.732. The lowest BCUT2D eigenvalue weighted by Gasteiger charge is -2.20. The van der Waals surface area contributed by atoms with Crippen molar-refractivity contribution in [3.63, 3.8) is 0 Å². The topological polar surface area (TPSA) is 58.5 Å². The molecule has 30 heavy (non-hydrogen) atoms. The van der Waals surface area contributed by atoms with Crippen LogP contribution in [0.4, 0.5) is 0 Å². The number of amides is 2. The average molecular weight is 415 g/mol. The minimum atomic E-state index is -0.218. The van der Waals surface area contributed by atoms with Crippen LogP contribution in [0.3, 0.4) is 0 Å². The number of thioether (sulfide) groups is 1. The lowest BCUT2D eigenvalue weighted by atomic mass is 10.1. The summed E-state index contributed by atoms with van der Waals surface area (Å²) in [5.74, 6) is -0.318. The van der Waals surface area contributed by atoms with Crippen molar-refractivity contribution in [3.8, 4) is 0 Å². The highest BCUT2D eigenvalue weighted by atomic mass is 32.2. The maximum absolute atomic E-state index is 12.4. The Labute approximate surface area is 180 Å². The molecule has 2 amide bonds. The van der Waals surface area contributed by atoms with Crippen molar-refractivity contribution in [1.29, 1.82) is 0 Å². The lowest BCUT2D eigenvalue weighted by molar-refractivity contribution is -0.113. The molecular formula is C25H22N2O2S. The summed E-state index contributed by atoms with van der Waals surface area (Å²) >= 11 is 1.50. The van der Waals surface area contributed by atoms with Crippen LogP contribution < -0.4 is 5.32 Å². The highest BCUT2D eigenvalue weighted by Gasteiger charge is 2.25. The third-order valence-electron chi connectivity index (χ3n) is 4.94. The smallest absolute Gasteiger partial charge is 0.283 e. The molecule has 5 heteroatoms. The van der Waals surface area contributed by atoms with Crippen molar-refractivity contribution in [2.24, 2.45) is 4.99 Å². The summed E-state index contributed by atoms with van der Waals surface area (Å²) < 4.78 is 0. The van der Waals surface area contributed by atoms with Crippen LogP contribution in [0.1, 0.15) is 27.0 Å². The number of aliphatic imine (C=N–C) groups is 1. The SMILES string of the molecule is Cc1ccc(CCNC(=O)c2ccc(/C=C3/SC4C=CC=CC4=NC3=O)cc2)cc1. The fourth-order valence-corrected chi connectivity index (χ4v) is 4.27. The van der Waals surface area contributed by atoms with Gasteiger partial charge in [-0.05, 0) is 48.8 Å². The van der Waals surface area contributed by atoms with Crippen LogP contribution in [-0.4, -0.2) is 29.3 Å². The summed E-state index contributed by atoms with van der Waals surface area (Å²) in [5.41, 5.74) is 4.69. The monoisotopic (exact) mass is 414 g/mol. The minimum absolute atomic E-state index is 0.0810. The van der Waals surface area contributed by atoms with Gasteiger partial charge in [0.2, 0.25) is 0 Å².